The number of aryl methyl sites for hydroxylation is 1. The maximum Gasteiger partial charge on any atom is 0.420 e. The fourth-order valence-electron chi connectivity index (χ4n) is 3.10. The van der Waals surface area contributed by atoms with E-state index in [1.165, 1.54) is 13.0 Å². The molecule has 2 N–H and O–H groups in total. The summed E-state index contributed by atoms with van der Waals surface area (Å²) in [6, 6.07) is 7.12. The molecule has 1 aromatic heterocycles. The molecule has 1 heterocycles. The van der Waals surface area contributed by atoms with E-state index in [1.54, 1.807) is 18.2 Å². The maximum absolute atomic E-state index is 13.6. The van der Waals surface area contributed by atoms with Gasteiger partial charge in [0.2, 0.25) is 0 Å². The number of H-pyrrole nitrogens is 1. The zero-order chi connectivity index (χ0) is 21.3. The van der Waals surface area contributed by atoms with Crippen molar-refractivity contribution < 1.29 is 32.5 Å². The van der Waals surface area contributed by atoms with Gasteiger partial charge in [0.15, 0.2) is 6.61 Å². The Balaban J connectivity index is 2.02. The molecular formula is C21H20F3NO4. The van der Waals surface area contributed by atoms with Crippen molar-refractivity contribution in [3.05, 3.63) is 53.2 Å². The lowest BCUT2D eigenvalue weighted by Crippen LogP contribution is -2.12. The summed E-state index contributed by atoms with van der Waals surface area (Å²) in [4.78, 5) is 13.8. The molecule has 2 aromatic carbocycles. The highest BCUT2D eigenvalue weighted by molar-refractivity contribution is 5.85. The zero-order valence-corrected chi connectivity index (χ0v) is 16.1. The van der Waals surface area contributed by atoms with Crippen LogP contribution in [0.25, 0.3) is 10.9 Å². The summed E-state index contributed by atoms with van der Waals surface area (Å²) in [7, 11) is 0. The number of rotatable bonds is 6. The van der Waals surface area contributed by atoms with Crippen LogP contribution in [0.2, 0.25) is 0 Å². The van der Waals surface area contributed by atoms with Crippen molar-refractivity contribution in [2.75, 3.05) is 6.61 Å². The molecule has 0 aliphatic carbocycles. The first-order valence-corrected chi connectivity index (χ1v) is 8.91. The molecule has 0 aliphatic heterocycles. The van der Waals surface area contributed by atoms with E-state index in [-0.39, 0.29) is 28.7 Å². The van der Waals surface area contributed by atoms with Gasteiger partial charge >= 0.3 is 12.1 Å². The predicted octanol–water partition coefficient (Wildman–Crippen LogP) is 5.87. The van der Waals surface area contributed by atoms with Crippen molar-refractivity contribution in [3.8, 4) is 17.2 Å². The molecule has 0 radical (unpaired) electrons. The highest BCUT2D eigenvalue weighted by Gasteiger charge is 2.36. The molecule has 0 amide bonds. The highest BCUT2D eigenvalue weighted by Crippen LogP contribution is 2.43. The van der Waals surface area contributed by atoms with Crippen molar-refractivity contribution in [3.63, 3.8) is 0 Å². The van der Waals surface area contributed by atoms with E-state index in [0.717, 1.165) is 22.5 Å². The minimum atomic E-state index is -4.70. The summed E-state index contributed by atoms with van der Waals surface area (Å²) in [5.74, 6) is -1.31. The number of alkyl halides is 3. The topological polar surface area (TPSA) is 71.6 Å². The Bertz CT molecular complexity index is 1050. The molecule has 0 unspecified atom stereocenters. The van der Waals surface area contributed by atoms with Gasteiger partial charge in [0, 0.05) is 17.1 Å². The average molecular weight is 407 g/mol. The summed E-state index contributed by atoms with van der Waals surface area (Å²) < 4.78 is 51.5. The number of fused-ring (bicyclic) bond motifs is 1. The molecule has 0 spiro atoms. The summed E-state index contributed by atoms with van der Waals surface area (Å²) in [5.41, 5.74) is 1.05. The number of ether oxygens (including phenoxy) is 2. The molecule has 0 aliphatic rings. The van der Waals surface area contributed by atoms with Crippen LogP contribution in [0.5, 0.6) is 17.2 Å². The molecule has 8 heteroatoms. The molecule has 0 fully saturated rings. The molecule has 154 valence electrons. The van der Waals surface area contributed by atoms with Crippen LogP contribution >= 0.6 is 0 Å². The van der Waals surface area contributed by atoms with Gasteiger partial charge < -0.3 is 19.6 Å². The molecule has 0 atom stereocenters. The van der Waals surface area contributed by atoms with Gasteiger partial charge in [-0.2, -0.15) is 13.2 Å². The lowest BCUT2D eigenvalue weighted by molar-refractivity contribution is -0.139. The molecule has 0 saturated carbocycles. The minimum absolute atomic E-state index is 0.179. The first-order chi connectivity index (χ1) is 13.6. The lowest BCUT2D eigenvalue weighted by atomic mass is 10.0. The van der Waals surface area contributed by atoms with E-state index >= 15 is 0 Å². The summed E-state index contributed by atoms with van der Waals surface area (Å²) in [6.45, 7) is 4.77. The molecule has 3 rings (SSSR count). The van der Waals surface area contributed by atoms with Crippen LogP contribution in [-0.4, -0.2) is 22.7 Å². The number of carboxylic acids is 1. The maximum atomic E-state index is 13.6. The Hall–Kier alpha value is -3.16. The fourth-order valence-corrected chi connectivity index (χ4v) is 3.10. The first kappa shape index (κ1) is 20.6. The monoisotopic (exact) mass is 407 g/mol. The van der Waals surface area contributed by atoms with Crippen LogP contribution in [0.4, 0.5) is 13.2 Å². The van der Waals surface area contributed by atoms with Crippen molar-refractivity contribution >= 4 is 16.9 Å². The second-order valence-corrected chi connectivity index (χ2v) is 7.01. The number of carboxylic acid groups (broad SMARTS) is 1. The standard InChI is InChI=1S/C21H20F3NO4/c1-11(2)16-9-25-18-5-4-13(7-15(16)18)29-20-12(3)6-14(28-10-19(26)27)8-17(20)21(22,23)24/h4-9,11,25H,10H2,1-3H3,(H,26,27). The van der Waals surface area contributed by atoms with Gasteiger partial charge in [0.1, 0.15) is 22.8 Å². The Labute approximate surface area is 165 Å². The lowest BCUT2D eigenvalue weighted by Gasteiger charge is -2.18. The third-order valence-corrected chi connectivity index (χ3v) is 4.44. The van der Waals surface area contributed by atoms with Crippen LogP contribution in [0.1, 0.15) is 36.5 Å². The van der Waals surface area contributed by atoms with Crippen LogP contribution in [0, 0.1) is 6.92 Å². The minimum Gasteiger partial charge on any atom is -0.482 e. The van der Waals surface area contributed by atoms with E-state index in [1.807, 2.05) is 20.0 Å². The molecule has 0 saturated heterocycles. The predicted molar refractivity (Wildman–Crippen MR) is 102 cm³/mol. The second-order valence-electron chi connectivity index (χ2n) is 7.01. The van der Waals surface area contributed by atoms with Crippen LogP contribution in [-0.2, 0) is 11.0 Å². The second kappa shape index (κ2) is 7.69. The van der Waals surface area contributed by atoms with E-state index in [4.69, 9.17) is 14.6 Å². The molecular weight excluding hydrogens is 387 g/mol. The third kappa shape index (κ3) is 4.47. The van der Waals surface area contributed by atoms with Crippen LogP contribution in [0.3, 0.4) is 0 Å². The van der Waals surface area contributed by atoms with Gasteiger partial charge in [-0.1, -0.05) is 13.8 Å². The van der Waals surface area contributed by atoms with Gasteiger partial charge in [-0.25, -0.2) is 4.79 Å². The molecule has 0 bridgehead atoms. The van der Waals surface area contributed by atoms with Gasteiger partial charge in [-0.05, 0) is 54.3 Å². The smallest absolute Gasteiger partial charge is 0.420 e. The summed E-state index contributed by atoms with van der Waals surface area (Å²) >= 11 is 0. The van der Waals surface area contributed by atoms with E-state index in [9.17, 15) is 18.0 Å². The van der Waals surface area contributed by atoms with Crippen molar-refractivity contribution in [1.29, 1.82) is 0 Å². The van der Waals surface area contributed by atoms with E-state index in [0.29, 0.717) is 0 Å². The Morgan fingerprint density at radius 1 is 1.17 bits per heavy atom. The Kier molecular flexibility index (Phi) is 5.46. The fraction of sp³-hybridized carbons (Fsp3) is 0.286. The van der Waals surface area contributed by atoms with Gasteiger partial charge in [-0.3, -0.25) is 0 Å². The molecule has 29 heavy (non-hydrogen) atoms. The van der Waals surface area contributed by atoms with Crippen molar-refractivity contribution in [2.24, 2.45) is 0 Å². The number of hydrogen-bond acceptors (Lipinski definition) is 3. The largest absolute Gasteiger partial charge is 0.482 e. The van der Waals surface area contributed by atoms with E-state index in [2.05, 4.69) is 4.98 Å². The summed E-state index contributed by atoms with van der Waals surface area (Å²) in [5, 5.41) is 9.56. The SMILES string of the molecule is Cc1cc(OCC(=O)O)cc(C(F)(F)F)c1Oc1ccc2[nH]cc(C(C)C)c2c1. The van der Waals surface area contributed by atoms with Gasteiger partial charge in [0.05, 0.1) is 0 Å². The zero-order valence-electron chi connectivity index (χ0n) is 16.1. The number of halogens is 3. The third-order valence-electron chi connectivity index (χ3n) is 4.44. The van der Waals surface area contributed by atoms with Crippen molar-refractivity contribution in [1.82, 2.24) is 4.98 Å². The number of hydrogen-bond donors (Lipinski definition) is 2. The number of carbonyl (C=O) groups is 1. The molecule has 5 nitrogen and oxygen atoms in total. The molecule has 3 aromatic rings. The Morgan fingerprint density at radius 2 is 1.90 bits per heavy atom. The van der Waals surface area contributed by atoms with Crippen LogP contribution in [0.15, 0.2) is 36.5 Å². The van der Waals surface area contributed by atoms with E-state index < -0.39 is 24.3 Å². The van der Waals surface area contributed by atoms with Crippen molar-refractivity contribution in [2.45, 2.75) is 32.9 Å². The van der Waals surface area contributed by atoms with Gasteiger partial charge in [0.25, 0.3) is 0 Å². The average Bonchev–Trinajstić information content (AvgIpc) is 3.04. The normalized spacial score (nSPS) is 11.8. The number of aromatic amines is 1. The number of nitrogens with one attached hydrogen (secondary N) is 1. The first-order valence-electron chi connectivity index (χ1n) is 8.91. The Morgan fingerprint density at radius 3 is 2.52 bits per heavy atom. The number of aliphatic carboxylic acids is 1. The quantitative estimate of drug-likeness (QED) is 0.536. The summed E-state index contributed by atoms with van der Waals surface area (Å²) in [6.07, 6.45) is -2.83. The highest BCUT2D eigenvalue weighted by atomic mass is 19.4. The van der Waals surface area contributed by atoms with Crippen LogP contribution < -0.4 is 9.47 Å². The number of benzene rings is 2. The van der Waals surface area contributed by atoms with Gasteiger partial charge in [-0.15, -0.1) is 0 Å². The number of aromatic nitrogens is 1.